The van der Waals surface area contributed by atoms with Crippen LogP contribution in [0.15, 0.2) is 48.5 Å². The Morgan fingerprint density at radius 3 is 2.30 bits per heavy atom. The molecule has 0 saturated carbocycles. The third kappa shape index (κ3) is 4.10. The number of ether oxygens (including phenoxy) is 1. The summed E-state index contributed by atoms with van der Waals surface area (Å²) >= 11 is 0. The second-order valence-electron chi connectivity index (χ2n) is 7.40. The average molecular weight is 422 g/mol. The molecule has 0 unspecified atom stereocenters. The number of fused-ring (bicyclic) bond motifs is 1. The minimum Gasteiger partial charge on any atom is -0.406 e. The third-order valence-electron chi connectivity index (χ3n) is 5.51. The Labute approximate surface area is 169 Å². The first kappa shape index (κ1) is 20.2. The van der Waals surface area contributed by atoms with Gasteiger partial charge in [0.2, 0.25) is 5.91 Å². The predicted octanol–water partition coefficient (Wildman–Crippen LogP) is 3.85. The van der Waals surface area contributed by atoms with Crippen LogP contribution in [0.25, 0.3) is 0 Å². The monoisotopic (exact) mass is 422 g/mol. The summed E-state index contributed by atoms with van der Waals surface area (Å²) < 4.78 is 53.9. The van der Waals surface area contributed by atoms with E-state index in [0.717, 1.165) is 0 Å². The zero-order valence-corrected chi connectivity index (χ0v) is 15.7. The number of benzene rings is 2. The van der Waals surface area contributed by atoms with Crippen LogP contribution in [0.5, 0.6) is 5.75 Å². The normalized spacial score (nSPS) is 21.5. The number of hydrogen-bond acceptors (Lipinski definition) is 3. The number of alkyl halides is 3. The van der Waals surface area contributed by atoms with Crippen LogP contribution in [0, 0.1) is 17.7 Å². The number of amides is 2. The van der Waals surface area contributed by atoms with Gasteiger partial charge in [-0.05, 0) is 60.9 Å². The number of anilines is 1. The van der Waals surface area contributed by atoms with Crippen molar-refractivity contribution in [2.75, 3.05) is 24.5 Å². The van der Waals surface area contributed by atoms with E-state index in [-0.39, 0.29) is 35.9 Å². The Bertz CT molecular complexity index is 944. The molecule has 2 aliphatic rings. The second-order valence-corrected chi connectivity index (χ2v) is 7.40. The molecule has 0 aromatic heterocycles. The van der Waals surface area contributed by atoms with Crippen molar-refractivity contribution in [2.45, 2.75) is 12.8 Å². The highest BCUT2D eigenvalue weighted by Crippen LogP contribution is 2.35. The quantitative estimate of drug-likeness (QED) is 0.707. The summed E-state index contributed by atoms with van der Waals surface area (Å²) in [6.07, 6.45) is -4.11. The van der Waals surface area contributed by atoms with Crippen molar-refractivity contribution in [3.05, 3.63) is 59.9 Å². The second kappa shape index (κ2) is 7.62. The number of nitrogens with zero attached hydrogens (tertiary/aromatic N) is 2. The highest BCUT2D eigenvalue weighted by atomic mass is 19.4. The summed E-state index contributed by atoms with van der Waals surface area (Å²) in [6.45, 7) is 1.11. The Balaban J connectivity index is 1.45. The Hall–Kier alpha value is -3.10. The molecule has 0 bridgehead atoms. The van der Waals surface area contributed by atoms with E-state index in [4.69, 9.17) is 0 Å². The molecule has 2 aromatic carbocycles. The summed E-state index contributed by atoms with van der Waals surface area (Å²) in [6, 6.07) is 10.4. The lowest BCUT2D eigenvalue weighted by molar-refractivity contribution is -0.274. The fourth-order valence-electron chi connectivity index (χ4n) is 4.07. The maximum atomic E-state index is 13.1. The first-order chi connectivity index (χ1) is 14.2. The summed E-state index contributed by atoms with van der Waals surface area (Å²) in [5.74, 6) is -1.56. The summed E-state index contributed by atoms with van der Waals surface area (Å²) in [7, 11) is 0. The number of hydrogen-bond donors (Lipinski definition) is 0. The number of carbonyl (C=O) groups excluding carboxylic acids is 2. The lowest BCUT2D eigenvalue weighted by atomic mass is 9.87. The fourth-order valence-corrected chi connectivity index (χ4v) is 4.07. The molecule has 0 N–H and O–H groups in total. The Morgan fingerprint density at radius 1 is 1.00 bits per heavy atom. The number of halogens is 4. The number of rotatable bonds is 3. The van der Waals surface area contributed by atoms with Crippen LogP contribution >= 0.6 is 0 Å². The van der Waals surface area contributed by atoms with Gasteiger partial charge in [0.25, 0.3) is 5.91 Å². The van der Waals surface area contributed by atoms with Crippen LogP contribution in [0.3, 0.4) is 0 Å². The molecule has 2 aromatic rings. The molecule has 158 valence electrons. The maximum Gasteiger partial charge on any atom is 0.573 e. The molecule has 30 heavy (non-hydrogen) atoms. The van der Waals surface area contributed by atoms with Crippen molar-refractivity contribution in [2.24, 2.45) is 11.8 Å². The minimum absolute atomic E-state index is 0.0194. The van der Waals surface area contributed by atoms with Gasteiger partial charge in [0.15, 0.2) is 0 Å². The summed E-state index contributed by atoms with van der Waals surface area (Å²) in [4.78, 5) is 28.8. The molecule has 2 aliphatic heterocycles. The summed E-state index contributed by atoms with van der Waals surface area (Å²) in [5, 5.41) is 0. The molecule has 9 heteroatoms. The largest absolute Gasteiger partial charge is 0.573 e. The lowest BCUT2D eigenvalue weighted by Crippen LogP contribution is -2.45. The molecule has 4 rings (SSSR count). The lowest BCUT2D eigenvalue weighted by Gasteiger charge is -2.33. The SMILES string of the molecule is O=C(c1ccc(F)cc1)N1C[C@@H]2CCN(c3ccc(OC(F)(F)F)cc3)C(=O)[C@@H]2C1. The standard InChI is InChI=1S/C21H18F4N2O3/c22-15-3-1-13(2-4-15)19(28)26-11-14-9-10-27(20(29)18(14)12-26)16-5-7-17(8-6-16)30-21(23,24)25/h1-8,14,18H,9-12H2/t14-,18+/m0/s1. The summed E-state index contributed by atoms with van der Waals surface area (Å²) in [5.41, 5.74) is 0.843. The van der Waals surface area contributed by atoms with E-state index in [2.05, 4.69) is 4.74 Å². The van der Waals surface area contributed by atoms with Gasteiger partial charge in [-0.2, -0.15) is 0 Å². The van der Waals surface area contributed by atoms with Gasteiger partial charge in [0, 0.05) is 30.9 Å². The topological polar surface area (TPSA) is 49.9 Å². The van der Waals surface area contributed by atoms with Crippen molar-refractivity contribution in [1.82, 2.24) is 4.90 Å². The van der Waals surface area contributed by atoms with Crippen molar-refractivity contribution in [1.29, 1.82) is 0 Å². The van der Waals surface area contributed by atoms with Crippen LogP contribution in [0.2, 0.25) is 0 Å². The van der Waals surface area contributed by atoms with E-state index >= 15 is 0 Å². The van der Waals surface area contributed by atoms with Gasteiger partial charge in [-0.1, -0.05) is 0 Å². The molecule has 2 atom stereocenters. The van der Waals surface area contributed by atoms with Crippen LogP contribution in [-0.4, -0.2) is 42.7 Å². The van der Waals surface area contributed by atoms with Gasteiger partial charge in [-0.15, -0.1) is 13.2 Å². The van der Waals surface area contributed by atoms with Gasteiger partial charge < -0.3 is 14.5 Å². The molecule has 0 radical (unpaired) electrons. The van der Waals surface area contributed by atoms with E-state index in [1.54, 1.807) is 4.90 Å². The third-order valence-corrected chi connectivity index (χ3v) is 5.51. The fraction of sp³-hybridized carbons (Fsp3) is 0.333. The first-order valence-electron chi connectivity index (χ1n) is 9.43. The number of piperidine rings is 1. The van der Waals surface area contributed by atoms with Crippen molar-refractivity contribution < 1.29 is 31.9 Å². The first-order valence-corrected chi connectivity index (χ1v) is 9.43. The Kier molecular flexibility index (Phi) is 5.13. The molecular formula is C21H18F4N2O3. The van der Waals surface area contributed by atoms with Gasteiger partial charge in [-0.25, -0.2) is 4.39 Å². The van der Waals surface area contributed by atoms with Gasteiger partial charge in [-0.3, -0.25) is 9.59 Å². The molecule has 2 heterocycles. The minimum atomic E-state index is -4.78. The molecule has 0 spiro atoms. The van der Waals surface area contributed by atoms with E-state index in [1.165, 1.54) is 53.4 Å². The van der Waals surface area contributed by atoms with Crippen LogP contribution < -0.4 is 9.64 Å². The van der Waals surface area contributed by atoms with E-state index in [0.29, 0.717) is 30.8 Å². The van der Waals surface area contributed by atoms with E-state index < -0.39 is 12.2 Å². The Morgan fingerprint density at radius 2 is 1.67 bits per heavy atom. The van der Waals surface area contributed by atoms with E-state index in [1.807, 2.05) is 0 Å². The molecule has 2 amide bonds. The average Bonchev–Trinajstić information content (AvgIpc) is 3.13. The van der Waals surface area contributed by atoms with Crippen LogP contribution in [-0.2, 0) is 4.79 Å². The molecule has 0 aliphatic carbocycles. The number of likely N-dealkylation sites (tertiary alicyclic amines) is 1. The smallest absolute Gasteiger partial charge is 0.406 e. The van der Waals surface area contributed by atoms with E-state index in [9.17, 15) is 27.2 Å². The number of carbonyl (C=O) groups is 2. The van der Waals surface area contributed by atoms with Gasteiger partial charge in [0.05, 0.1) is 5.92 Å². The predicted molar refractivity (Wildman–Crippen MR) is 99.4 cm³/mol. The molecular weight excluding hydrogens is 404 g/mol. The van der Waals surface area contributed by atoms with Gasteiger partial charge >= 0.3 is 6.36 Å². The highest BCUT2D eigenvalue weighted by Gasteiger charge is 2.44. The van der Waals surface area contributed by atoms with Crippen molar-refractivity contribution in [3.63, 3.8) is 0 Å². The molecule has 2 saturated heterocycles. The van der Waals surface area contributed by atoms with Crippen molar-refractivity contribution in [3.8, 4) is 5.75 Å². The zero-order chi connectivity index (χ0) is 21.5. The highest BCUT2D eigenvalue weighted by molar-refractivity contribution is 5.98. The van der Waals surface area contributed by atoms with Crippen LogP contribution in [0.1, 0.15) is 16.8 Å². The molecule has 5 nitrogen and oxygen atoms in total. The zero-order valence-electron chi connectivity index (χ0n) is 15.7. The van der Waals surface area contributed by atoms with Crippen molar-refractivity contribution >= 4 is 17.5 Å². The van der Waals surface area contributed by atoms with Crippen LogP contribution in [0.4, 0.5) is 23.2 Å². The molecule has 2 fully saturated rings. The maximum absolute atomic E-state index is 13.1. The van der Waals surface area contributed by atoms with Gasteiger partial charge in [0.1, 0.15) is 11.6 Å².